The number of thioether (sulfide) groups is 1. The van der Waals surface area contributed by atoms with Crippen LogP contribution < -0.4 is 0 Å². The van der Waals surface area contributed by atoms with Gasteiger partial charge in [-0.1, -0.05) is 50.7 Å². The van der Waals surface area contributed by atoms with E-state index in [2.05, 4.69) is 58.1 Å². The van der Waals surface area contributed by atoms with E-state index in [0.29, 0.717) is 13.2 Å². The second-order valence-corrected chi connectivity index (χ2v) is 15.7. The molecule has 0 saturated carbocycles. The predicted molar refractivity (Wildman–Crippen MR) is 122 cm³/mol. The normalized spacial score (nSPS) is 23.4. The van der Waals surface area contributed by atoms with Gasteiger partial charge in [0.1, 0.15) is 0 Å². The van der Waals surface area contributed by atoms with Crippen LogP contribution in [-0.4, -0.2) is 44.2 Å². The molecule has 3 rings (SSSR count). The molecule has 1 aromatic carbocycles. The Morgan fingerprint density at radius 3 is 2.64 bits per heavy atom. The fraction of sp³-hybridized carbons (Fsp3) is 0.571. The van der Waals surface area contributed by atoms with Crippen LogP contribution in [0.15, 0.2) is 40.8 Å². The molecule has 0 bridgehead atoms. The third-order valence-corrected chi connectivity index (χ3v) is 12.3. The van der Waals surface area contributed by atoms with Crippen LogP contribution in [0.2, 0.25) is 18.1 Å². The summed E-state index contributed by atoms with van der Waals surface area (Å²) in [6, 6.07) is 8.27. The standard InChI is InChI=1S/C21H31NO3S2Si/c1-7-23-19-13-12-18(16(25-19)14-24-28(5,6)21(2,3)4)27-20-22-15-10-8-9-11-17(15)26-20/h8-13,16,18-19H,7,14H2,1-6H3/t16-,18-,19+/m1/s1. The quantitative estimate of drug-likeness (QED) is 0.387. The van der Waals surface area contributed by atoms with Gasteiger partial charge >= 0.3 is 0 Å². The van der Waals surface area contributed by atoms with Crippen molar-refractivity contribution in [2.24, 2.45) is 0 Å². The summed E-state index contributed by atoms with van der Waals surface area (Å²) in [5, 5.41) is 0.328. The maximum Gasteiger partial charge on any atom is 0.192 e. The van der Waals surface area contributed by atoms with Gasteiger partial charge in [-0.15, -0.1) is 11.3 Å². The lowest BCUT2D eigenvalue weighted by Gasteiger charge is -2.39. The number of rotatable bonds is 7. The lowest BCUT2D eigenvalue weighted by molar-refractivity contribution is -0.151. The van der Waals surface area contributed by atoms with Gasteiger partial charge in [0.15, 0.2) is 18.9 Å². The van der Waals surface area contributed by atoms with Gasteiger partial charge in [-0.05, 0) is 43.3 Å². The number of fused-ring (bicyclic) bond motifs is 1. The lowest BCUT2D eigenvalue weighted by atomic mass is 10.2. The van der Waals surface area contributed by atoms with Crippen molar-refractivity contribution in [2.75, 3.05) is 13.2 Å². The van der Waals surface area contributed by atoms with Gasteiger partial charge < -0.3 is 13.9 Å². The molecule has 0 fully saturated rings. The molecule has 0 aliphatic carbocycles. The monoisotopic (exact) mass is 437 g/mol. The minimum atomic E-state index is -1.84. The van der Waals surface area contributed by atoms with E-state index >= 15 is 0 Å². The van der Waals surface area contributed by atoms with E-state index in [9.17, 15) is 0 Å². The molecule has 3 atom stereocenters. The van der Waals surface area contributed by atoms with E-state index < -0.39 is 8.32 Å². The van der Waals surface area contributed by atoms with Crippen molar-refractivity contribution in [3.63, 3.8) is 0 Å². The second-order valence-electron chi connectivity index (χ2n) is 8.48. The smallest absolute Gasteiger partial charge is 0.192 e. The Morgan fingerprint density at radius 2 is 1.96 bits per heavy atom. The zero-order chi connectivity index (χ0) is 20.4. The number of aromatic nitrogens is 1. The van der Waals surface area contributed by atoms with E-state index in [4.69, 9.17) is 18.9 Å². The molecule has 0 amide bonds. The molecule has 4 nitrogen and oxygen atoms in total. The SMILES string of the molecule is CCO[C@@H]1C=C[C@@H](Sc2nc3ccccc3s2)[C@@H](CO[Si](C)(C)C(C)(C)C)O1. The van der Waals surface area contributed by atoms with Gasteiger partial charge in [-0.2, -0.15) is 0 Å². The average molecular weight is 438 g/mol. The first kappa shape index (κ1) is 22.0. The molecule has 0 saturated heterocycles. The molecule has 0 N–H and O–H groups in total. The minimum absolute atomic E-state index is 0.0623. The largest absolute Gasteiger partial charge is 0.414 e. The number of nitrogens with zero attached hydrogens (tertiary/aromatic N) is 1. The molecule has 1 aromatic heterocycles. The van der Waals surface area contributed by atoms with Crippen molar-refractivity contribution in [3.05, 3.63) is 36.4 Å². The summed E-state index contributed by atoms with van der Waals surface area (Å²) >= 11 is 3.48. The molecule has 28 heavy (non-hydrogen) atoms. The maximum atomic E-state index is 6.48. The Hall–Kier alpha value is -0.703. The molecule has 154 valence electrons. The average Bonchev–Trinajstić information content (AvgIpc) is 3.03. The lowest BCUT2D eigenvalue weighted by Crippen LogP contribution is -2.46. The Bertz CT molecular complexity index is 782. The summed E-state index contributed by atoms with van der Waals surface area (Å²) in [4.78, 5) is 4.77. The molecule has 1 aliphatic rings. The highest BCUT2D eigenvalue weighted by Gasteiger charge is 2.39. The summed E-state index contributed by atoms with van der Waals surface area (Å²) in [6.45, 7) is 14.5. The van der Waals surface area contributed by atoms with Crippen LogP contribution in [0.5, 0.6) is 0 Å². The summed E-state index contributed by atoms with van der Waals surface area (Å²) in [5.41, 5.74) is 1.05. The Balaban J connectivity index is 1.74. The zero-order valence-electron chi connectivity index (χ0n) is 17.6. The number of benzene rings is 1. The van der Waals surface area contributed by atoms with Crippen molar-refractivity contribution in [2.45, 2.75) is 67.8 Å². The van der Waals surface area contributed by atoms with Gasteiger partial charge in [0.25, 0.3) is 0 Å². The molecular formula is C21H31NO3S2Si. The van der Waals surface area contributed by atoms with E-state index in [1.54, 1.807) is 23.1 Å². The molecule has 1 aliphatic heterocycles. The van der Waals surface area contributed by atoms with Gasteiger partial charge in [0, 0.05) is 6.61 Å². The van der Waals surface area contributed by atoms with Crippen LogP contribution in [-0.2, 0) is 13.9 Å². The predicted octanol–water partition coefficient (Wildman–Crippen LogP) is 6.10. The van der Waals surface area contributed by atoms with Crippen LogP contribution in [0, 0.1) is 0 Å². The van der Waals surface area contributed by atoms with Crippen LogP contribution in [0.3, 0.4) is 0 Å². The molecule has 0 spiro atoms. The van der Waals surface area contributed by atoms with E-state index in [0.717, 1.165) is 9.86 Å². The third-order valence-electron chi connectivity index (χ3n) is 5.39. The molecule has 0 unspecified atom stereocenters. The van der Waals surface area contributed by atoms with E-state index in [1.165, 1.54) is 4.70 Å². The topological polar surface area (TPSA) is 40.6 Å². The van der Waals surface area contributed by atoms with Crippen LogP contribution in [0.1, 0.15) is 27.7 Å². The Labute approximate surface area is 177 Å². The number of ether oxygens (including phenoxy) is 2. The summed E-state index contributed by atoms with van der Waals surface area (Å²) in [6.07, 6.45) is 3.84. The maximum absolute atomic E-state index is 6.48. The minimum Gasteiger partial charge on any atom is -0.414 e. The van der Waals surface area contributed by atoms with Crippen LogP contribution >= 0.6 is 23.1 Å². The van der Waals surface area contributed by atoms with E-state index in [1.807, 2.05) is 19.1 Å². The number of para-hydroxylation sites is 1. The first-order chi connectivity index (χ1) is 13.2. The van der Waals surface area contributed by atoms with Crippen LogP contribution in [0.25, 0.3) is 10.2 Å². The molecule has 7 heteroatoms. The third kappa shape index (κ3) is 5.26. The first-order valence-corrected chi connectivity index (χ1v) is 14.4. The fourth-order valence-corrected chi connectivity index (χ4v) is 6.01. The van der Waals surface area contributed by atoms with Gasteiger partial charge in [0.05, 0.1) is 28.2 Å². The highest BCUT2D eigenvalue weighted by Crippen LogP contribution is 2.39. The summed E-state index contributed by atoms with van der Waals surface area (Å²) < 4.78 is 20.7. The Morgan fingerprint density at radius 1 is 1.21 bits per heavy atom. The molecule has 2 heterocycles. The van der Waals surface area contributed by atoms with Crippen molar-refractivity contribution in [3.8, 4) is 0 Å². The molecular weight excluding hydrogens is 406 g/mol. The van der Waals surface area contributed by atoms with Crippen molar-refractivity contribution >= 4 is 41.6 Å². The van der Waals surface area contributed by atoms with E-state index in [-0.39, 0.29) is 22.7 Å². The van der Waals surface area contributed by atoms with Crippen LogP contribution in [0.4, 0.5) is 0 Å². The highest BCUT2D eigenvalue weighted by molar-refractivity contribution is 8.01. The van der Waals surface area contributed by atoms with Gasteiger partial charge in [-0.3, -0.25) is 0 Å². The summed E-state index contributed by atoms with van der Waals surface area (Å²) in [5.74, 6) is 0. The fourth-order valence-electron chi connectivity index (χ4n) is 2.65. The zero-order valence-corrected chi connectivity index (χ0v) is 20.2. The number of hydrogen-bond donors (Lipinski definition) is 0. The molecule has 2 aromatic rings. The van der Waals surface area contributed by atoms with Crippen molar-refractivity contribution in [1.82, 2.24) is 4.98 Å². The van der Waals surface area contributed by atoms with Crippen molar-refractivity contribution in [1.29, 1.82) is 0 Å². The van der Waals surface area contributed by atoms with Crippen molar-refractivity contribution < 1.29 is 13.9 Å². The van der Waals surface area contributed by atoms with Gasteiger partial charge in [0.2, 0.25) is 0 Å². The first-order valence-electron chi connectivity index (χ1n) is 9.81. The number of hydrogen-bond acceptors (Lipinski definition) is 6. The Kier molecular flexibility index (Phi) is 7.05. The highest BCUT2D eigenvalue weighted by atomic mass is 32.2. The number of thiazole rings is 1. The van der Waals surface area contributed by atoms with Gasteiger partial charge in [-0.25, -0.2) is 4.98 Å². The molecule has 0 radical (unpaired) electrons. The summed E-state index contributed by atoms with van der Waals surface area (Å²) in [7, 11) is -1.84. The second kappa shape index (κ2) is 8.98.